The van der Waals surface area contributed by atoms with Gasteiger partial charge in [0.15, 0.2) is 12.4 Å². The highest BCUT2D eigenvalue weighted by Crippen LogP contribution is 2.18. The summed E-state index contributed by atoms with van der Waals surface area (Å²) >= 11 is 0. The maximum atomic E-state index is 12.3. The molecular weight excluding hydrogens is 382 g/mol. The van der Waals surface area contributed by atoms with E-state index in [1.54, 1.807) is 28.9 Å². The molecule has 0 spiro atoms. The van der Waals surface area contributed by atoms with E-state index in [-0.39, 0.29) is 12.2 Å². The molecule has 1 N–H and O–H groups in total. The third-order valence-corrected chi connectivity index (χ3v) is 4.68. The maximum absolute atomic E-state index is 12.3. The second-order valence-corrected chi connectivity index (χ2v) is 6.92. The van der Waals surface area contributed by atoms with Gasteiger partial charge >= 0.3 is 5.97 Å². The van der Waals surface area contributed by atoms with Crippen molar-refractivity contribution < 1.29 is 19.1 Å². The number of para-hydroxylation sites is 1. The Hall–Kier alpha value is -3.74. The number of Topliss-reactive ketones (excluding diaryl/α,β-unsaturated/α-hetero) is 1. The Labute approximate surface area is 174 Å². The van der Waals surface area contributed by atoms with E-state index in [4.69, 9.17) is 4.74 Å². The first-order valence-electron chi connectivity index (χ1n) is 9.52. The van der Waals surface area contributed by atoms with Crippen LogP contribution in [0.4, 0.5) is 5.69 Å². The predicted octanol–water partition coefficient (Wildman–Crippen LogP) is 3.42. The number of nitrogens with one attached hydrogen (secondary N) is 1. The maximum Gasteiger partial charge on any atom is 0.310 e. The monoisotopic (exact) mass is 405 g/mol. The number of aromatic nitrogens is 2. The predicted molar refractivity (Wildman–Crippen MR) is 113 cm³/mol. The van der Waals surface area contributed by atoms with Crippen LogP contribution >= 0.6 is 0 Å². The molecule has 7 heteroatoms. The van der Waals surface area contributed by atoms with Gasteiger partial charge < -0.3 is 10.1 Å². The lowest BCUT2D eigenvalue weighted by Gasteiger charge is -2.08. The van der Waals surface area contributed by atoms with Gasteiger partial charge in [-0.2, -0.15) is 5.10 Å². The lowest BCUT2D eigenvalue weighted by molar-refractivity contribution is -0.146. The van der Waals surface area contributed by atoms with Crippen molar-refractivity contribution in [3.8, 4) is 5.69 Å². The fourth-order valence-corrected chi connectivity index (χ4v) is 3.11. The van der Waals surface area contributed by atoms with Gasteiger partial charge in [0, 0.05) is 22.5 Å². The summed E-state index contributed by atoms with van der Waals surface area (Å²) in [6.45, 7) is 4.77. The standard InChI is InChI=1S/C23H23N3O4/c1-15-21(16(2)26(25-15)20-10-5-4-6-11-20)13-23(29)30-14-22(28)24-19-9-7-8-18(12-19)17(3)27/h4-12H,13-14H2,1-3H3,(H,24,28). The molecule has 30 heavy (non-hydrogen) atoms. The van der Waals surface area contributed by atoms with Crippen LogP contribution in [0.15, 0.2) is 54.6 Å². The smallest absolute Gasteiger partial charge is 0.310 e. The molecule has 1 aromatic heterocycles. The number of anilines is 1. The second-order valence-electron chi connectivity index (χ2n) is 6.92. The summed E-state index contributed by atoms with van der Waals surface area (Å²) in [6, 6.07) is 16.2. The number of carbonyl (C=O) groups excluding carboxylic acids is 3. The molecule has 3 rings (SSSR count). The second kappa shape index (κ2) is 9.17. The molecule has 0 aliphatic heterocycles. The van der Waals surface area contributed by atoms with Crippen LogP contribution in [0.5, 0.6) is 0 Å². The van der Waals surface area contributed by atoms with Gasteiger partial charge in [-0.1, -0.05) is 30.3 Å². The minimum absolute atomic E-state index is 0.0254. The van der Waals surface area contributed by atoms with Crippen LogP contribution in [0.2, 0.25) is 0 Å². The van der Waals surface area contributed by atoms with Crippen molar-refractivity contribution in [3.05, 3.63) is 77.1 Å². The summed E-state index contributed by atoms with van der Waals surface area (Å²) in [5, 5.41) is 7.13. The van der Waals surface area contributed by atoms with E-state index in [0.717, 1.165) is 22.6 Å². The number of amides is 1. The van der Waals surface area contributed by atoms with Crippen molar-refractivity contribution in [2.45, 2.75) is 27.2 Å². The van der Waals surface area contributed by atoms with E-state index in [2.05, 4.69) is 10.4 Å². The Balaban J connectivity index is 1.59. The molecule has 0 unspecified atom stereocenters. The van der Waals surface area contributed by atoms with Gasteiger partial charge in [-0.25, -0.2) is 4.68 Å². The number of rotatable bonds is 7. The number of hydrogen-bond donors (Lipinski definition) is 1. The lowest BCUT2D eigenvalue weighted by atomic mass is 10.1. The number of esters is 1. The summed E-state index contributed by atoms with van der Waals surface area (Å²) < 4.78 is 6.91. The molecule has 0 aliphatic rings. The Kier molecular flexibility index (Phi) is 6.41. The molecule has 0 bridgehead atoms. The minimum Gasteiger partial charge on any atom is -0.455 e. The van der Waals surface area contributed by atoms with Crippen molar-refractivity contribution in [1.82, 2.24) is 9.78 Å². The van der Waals surface area contributed by atoms with Crippen molar-refractivity contribution >= 4 is 23.3 Å². The number of aryl methyl sites for hydroxylation is 1. The fraction of sp³-hybridized carbons (Fsp3) is 0.217. The number of hydrogen-bond acceptors (Lipinski definition) is 5. The third kappa shape index (κ3) is 5.00. The molecule has 0 radical (unpaired) electrons. The third-order valence-electron chi connectivity index (χ3n) is 4.68. The Morgan fingerprint density at radius 1 is 1.03 bits per heavy atom. The molecule has 1 amide bonds. The van der Waals surface area contributed by atoms with Gasteiger partial charge in [0.1, 0.15) is 0 Å². The minimum atomic E-state index is -0.513. The molecule has 1 heterocycles. The average molecular weight is 405 g/mol. The van der Waals surface area contributed by atoms with Crippen LogP contribution < -0.4 is 5.32 Å². The van der Waals surface area contributed by atoms with E-state index in [1.807, 2.05) is 44.2 Å². The molecule has 0 aliphatic carbocycles. The molecule has 0 fully saturated rings. The van der Waals surface area contributed by atoms with E-state index < -0.39 is 18.5 Å². The molecule has 154 valence electrons. The highest BCUT2D eigenvalue weighted by atomic mass is 16.5. The quantitative estimate of drug-likeness (QED) is 0.480. The van der Waals surface area contributed by atoms with Crippen LogP contribution in [-0.4, -0.2) is 34.0 Å². The summed E-state index contributed by atoms with van der Waals surface area (Å²) in [7, 11) is 0. The molecule has 7 nitrogen and oxygen atoms in total. The summed E-state index contributed by atoms with van der Waals surface area (Å²) in [6.07, 6.45) is 0.0254. The van der Waals surface area contributed by atoms with Gasteiger partial charge in [-0.05, 0) is 45.0 Å². The van der Waals surface area contributed by atoms with E-state index in [1.165, 1.54) is 6.92 Å². The van der Waals surface area contributed by atoms with Crippen molar-refractivity contribution in [1.29, 1.82) is 0 Å². The molecule has 3 aromatic rings. The van der Waals surface area contributed by atoms with Crippen molar-refractivity contribution in [2.24, 2.45) is 0 Å². The number of ketones is 1. The largest absolute Gasteiger partial charge is 0.455 e. The molecular formula is C23H23N3O4. The topological polar surface area (TPSA) is 90.3 Å². The fourth-order valence-electron chi connectivity index (χ4n) is 3.11. The number of benzene rings is 2. The number of ether oxygens (including phenoxy) is 1. The summed E-state index contributed by atoms with van der Waals surface area (Å²) in [5.74, 6) is -1.08. The summed E-state index contributed by atoms with van der Waals surface area (Å²) in [4.78, 5) is 35.8. The molecule has 0 atom stereocenters. The Morgan fingerprint density at radius 2 is 1.77 bits per heavy atom. The zero-order valence-electron chi connectivity index (χ0n) is 17.1. The zero-order chi connectivity index (χ0) is 21.7. The molecule has 0 saturated carbocycles. The first-order valence-corrected chi connectivity index (χ1v) is 9.52. The van der Waals surface area contributed by atoms with Crippen molar-refractivity contribution in [3.63, 3.8) is 0 Å². The van der Waals surface area contributed by atoms with Crippen LogP contribution in [0.25, 0.3) is 5.69 Å². The summed E-state index contributed by atoms with van der Waals surface area (Å²) in [5.41, 5.74) is 4.23. The van der Waals surface area contributed by atoms with E-state index in [0.29, 0.717) is 11.3 Å². The van der Waals surface area contributed by atoms with Gasteiger partial charge in [-0.15, -0.1) is 0 Å². The van der Waals surface area contributed by atoms with Crippen LogP contribution in [0, 0.1) is 13.8 Å². The van der Waals surface area contributed by atoms with Gasteiger partial charge in [0.25, 0.3) is 5.91 Å². The lowest BCUT2D eigenvalue weighted by Crippen LogP contribution is -2.22. The van der Waals surface area contributed by atoms with Crippen LogP contribution in [0.3, 0.4) is 0 Å². The van der Waals surface area contributed by atoms with Gasteiger partial charge in [-0.3, -0.25) is 14.4 Å². The number of nitrogens with zero attached hydrogens (tertiary/aromatic N) is 2. The first kappa shape index (κ1) is 21.0. The highest BCUT2D eigenvalue weighted by Gasteiger charge is 2.17. The Morgan fingerprint density at radius 3 is 2.47 bits per heavy atom. The van der Waals surface area contributed by atoms with Crippen LogP contribution in [0.1, 0.15) is 34.2 Å². The van der Waals surface area contributed by atoms with Crippen molar-refractivity contribution in [2.75, 3.05) is 11.9 Å². The Bertz CT molecular complexity index is 1090. The zero-order valence-corrected chi connectivity index (χ0v) is 17.1. The van der Waals surface area contributed by atoms with Gasteiger partial charge in [0.2, 0.25) is 0 Å². The molecule has 2 aromatic carbocycles. The van der Waals surface area contributed by atoms with Crippen LogP contribution in [-0.2, 0) is 20.7 Å². The molecule has 0 saturated heterocycles. The SMILES string of the molecule is CC(=O)c1cccc(NC(=O)COC(=O)Cc2c(C)nn(-c3ccccc3)c2C)c1. The highest BCUT2D eigenvalue weighted by molar-refractivity contribution is 5.97. The average Bonchev–Trinajstić information content (AvgIpc) is 3.01. The normalized spacial score (nSPS) is 10.5. The van der Waals surface area contributed by atoms with E-state index >= 15 is 0 Å². The number of carbonyl (C=O) groups is 3. The van der Waals surface area contributed by atoms with Gasteiger partial charge in [0.05, 0.1) is 17.8 Å². The van der Waals surface area contributed by atoms with E-state index in [9.17, 15) is 14.4 Å². The first-order chi connectivity index (χ1) is 14.3.